The average Bonchev–Trinajstić information content (AvgIpc) is 3.30. The minimum absolute atomic E-state index is 0.0969. The van der Waals surface area contributed by atoms with E-state index in [1.807, 2.05) is 0 Å². The van der Waals surface area contributed by atoms with E-state index in [4.69, 9.17) is 11.5 Å². The molecule has 4 heterocycles. The zero-order valence-corrected chi connectivity index (χ0v) is 16.2. The number of nitrogen functional groups attached to an aromatic ring is 2. The number of phenolic OH excluding ortho intramolecular Hbond substituents is 2. The molecule has 0 aliphatic rings. The van der Waals surface area contributed by atoms with Crippen LogP contribution < -0.4 is 22.6 Å². The molecule has 0 saturated heterocycles. The Balaban J connectivity index is 1.82. The average molecular weight is 452 g/mol. The van der Waals surface area contributed by atoms with Gasteiger partial charge in [-0.25, -0.2) is 20.2 Å². The summed E-state index contributed by atoms with van der Waals surface area (Å²) in [5.41, 5.74) is 8.13. The molecule has 33 heavy (non-hydrogen) atoms. The van der Waals surface area contributed by atoms with Gasteiger partial charge in [0.1, 0.15) is 28.8 Å². The Bertz CT molecular complexity index is 1600. The second-order valence-corrected chi connectivity index (χ2v) is 6.79. The number of ketones is 1. The first kappa shape index (κ1) is 19.6. The number of carbonyl (C=O) groups is 1. The maximum atomic E-state index is 13.5. The fraction of sp³-hybridized carbons (Fsp3) is 0.0625. The van der Waals surface area contributed by atoms with Crippen LogP contribution in [0.3, 0.4) is 0 Å². The molecule has 5 aromatic rings. The number of fused-ring (bicyclic) bond motifs is 2. The number of Topliss-reactive ketones (excluding diaryl/α,β-unsaturated/α-hetero) is 1. The number of nitrogens with two attached hydrogens (primary N) is 2. The summed E-state index contributed by atoms with van der Waals surface area (Å²) < 4.78 is 1.78. The third kappa shape index (κ3) is 2.99. The Morgan fingerprint density at radius 2 is 1.42 bits per heavy atom. The minimum atomic E-state index is -1.74. The maximum Gasteiger partial charge on any atom is 0.287 e. The lowest BCUT2D eigenvalue weighted by atomic mass is 9.91. The van der Waals surface area contributed by atoms with Crippen molar-refractivity contribution in [2.45, 2.75) is 5.92 Å². The van der Waals surface area contributed by atoms with Gasteiger partial charge in [0.25, 0.3) is 11.1 Å². The van der Waals surface area contributed by atoms with Crippen molar-refractivity contribution in [2.24, 2.45) is 0 Å². The van der Waals surface area contributed by atoms with Crippen LogP contribution in [0.4, 0.5) is 11.6 Å². The van der Waals surface area contributed by atoms with Gasteiger partial charge in [-0.15, -0.1) is 19.5 Å². The van der Waals surface area contributed by atoms with Crippen LogP contribution in [0, 0.1) is 0 Å². The van der Waals surface area contributed by atoms with E-state index < -0.39 is 40.0 Å². The molecule has 4 aromatic heterocycles. The van der Waals surface area contributed by atoms with Crippen molar-refractivity contribution in [3.8, 4) is 11.5 Å². The van der Waals surface area contributed by atoms with Gasteiger partial charge in [-0.05, 0) is 22.6 Å². The molecule has 0 amide bonds. The number of H-pyrrole nitrogens is 2. The molecule has 0 aliphatic carbocycles. The van der Waals surface area contributed by atoms with Crippen LogP contribution >= 0.6 is 0 Å². The molecular formula is C16H12N12O5. The van der Waals surface area contributed by atoms with E-state index in [0.717, 1.165) is 27.5 Å². The second kappa shape index (κ2) is 6.83. The smallest absolute Gasteiger partial charge is 0.287 e. The highest BCUT2D eigenvalue weighted by Gasteiger charge is 2.34. The molecule has 0 saturated carbocycles. The normalized spacial score (nSPS) is 11.5. The Morgan fingerprint density at radius 1 is 0.909 bits per heavy atom. The third-order valence-corrected chi connectivity index (χ3v) is 4.73. The van der Waals surface area contributed by atoms with E-state index >= 15 is 0 Å². The number of benzene rings is 1. The molecule has 0 radical (unpaired) electrons. The quantitative estimate of drug-likeness (QED) is 0.155. The first-order chi connectivity index (χ1) is 15.7. The van der Waals surface area contributed by atoms with Gasteiger partial charge in [0.2, 0.25) is 11.3 Å². The summed E-state index contributed by atoms with van der Waals surface area (Å²) in [6, 6.07) is 3.18. The number of rotatable bonds is 4. The zero-order chi connectivity index (χ0) is 23.4. The Hall–Kier alpha value is -5.35. The van der Waals surface area contributed by atoms with Crippen LogP contribution in [0.1, 0.15) is 27.7 Å². The number of anilines is 2. The number of hydrogen-bond donors (Lipinski definition) is 6. The van der Waals surface area contributed by atoms with Crippen LogP contribution in [0.5, 0.6) is 11.5 Å². The number of nitrogens with zero attached hydrogens (tertiary/aromatic N) is 8. The number of carbonyl (C=O) groups excluding carboxylic acids is 1. The number of aromatic amines is 2. The van der Waals surface area contributed by atoms with Gasteiger partial charge >= 0.3 is 0 Å². The zero-order valence-electron chi connectivity index (χ0n) is 16.2. The molecule has 8 N–H and O–H groups in total. The molecule has 0 aliphatic heterocycles. The van der Waals surface area contributed by atoms with Crippen molar-refractivity contribution in [1.82, 2.24) is 50.0 Å². The highest BCUT2D eigenvalue weighted by atomic mass is 16.3. The number of hydrogen-bond acceptors (Lipinski definition) is 13. The van der Waals surface area contributed by atoms with Gasteiger partial charge in [0.05, 0.1) is 5.56 Å². The molecule has 17 heteroatoms. The first-order valence-electron chi connectivity index (χ1n) is 9.03. The molecule has 0 fully saturated rings. The van der Waals surface area contributed by atoms with Crippen molar-refractivity contribution in [2.75, 3.05) is 11.5 Å². The lowest BCUT2D eigenvalue weighted by Crippen LogP contribution is -2.33. The highest BCUT2D eigenvalue weighted by Crippen LogP contribution is 2.30. The van der Waals surface area contributed by atoms with Crippen LogP contribution in [0.25, 0.3) is 11.3 Å². The van der Waals surface area contributed by atoms with Crippen molar-refractivity contribution in [1.29, 1.82) is 0 Å². The van der Waals surface area contributed by atoms with Gasteiger partial charge in [0, 0.05) is 6.07 Å². The van der Waals surface area contributed by atoms with Gasteiger partial charge in [0.15, 0.2) is 17.4 Å². The third-order valence-electron chi connectivity index (χ3n) is 4.73. The van der Waals surface area contributed by atoms with Gasteiger partial charge in [-0.1, -0.05) is 0 Å². The van der Waals surface area contributed by atoms with Crippen LogP contribution in [-0.2, 0) is 0 Å². The van der Waals surface area contributed by atoms with Gasteiger partial charge in [-0.2, -0.15) is 0 Å². The van der Waals surface area contributed by atoms with Gasteiger partial charge in [-0.3, -0.25) is 14.4 Å². The topological polar surface area (TPSA) is 261 Å². The van der Waals surface area contributed by atoms with Crippen molar-refractivity contribution in [3.05, 3.63) is 55.9 Å². The monoisotopic (exact) mass is 452 g/mol. The minimum Gasteiger partial charge on any atom is -0.508 e. The number of aromatic hydroxyl groups is 2. The Labute approximate surface area is 179 Å². The summed E-state index contributed by atoms with van der Waals surface area (Å²) in [6.07, 6.45) is 0. The Kier molecular flexibility index (Phi) is 4.06. The van der Waals surface area contributed by atoms with Crippen LogP contribution in [-0.4, -0.2) is 66.0 Å². The van der Waals surface area contributed by atoms with E-state index in [0.29, 0.717) is 0 Å². The van der Waals surface area contributed by atoms with Crippen molar-refractivity contribution in [3.63, 3.8) is 0 Å². The lowest BCUT2D eigenvalue weighted by molar-refractivity contribution is 0.0967. The molecule has 0 unspecified atom stereocenters. The number of nitrogens with one attached hydrogen (secondary N) is 2. The lowest BCUT2D eigenvalue weighted by Gasteiger charge is -2.15. The number of phenols is 2. The predicted molar refractivity (Wildman–Crippen MR) is 108 cm³/mol. The molecule has 1 aromatic carbocycles. The van der Waals surface area contributed by atoms with Crippen molar-refractivity contribution >= 4 is 28.7 Å². The first-order valence-corrected chi connectivity index (χ1v) is 9.03. The van der Waals surface area contributed by atoms with E-state index in [1.165, 1.54) is 0 Å². The fourth-order valence-electron chi connectivity index (χ4n) is 3.23. The molecule has 5 rings (SSSR count). The molecule has 0 atom stereocenters. The van der Waals surface area contributed by atoms with E-state index in [1.54, 1.807) is 0 Å². The predicted octanol–water partition coefficient (Wildman–Crippen LogP) is -2.47. The van der Waals surface area contributed by atoms with Crippen LogP contribution in [0.2, 0.25) is 0 Å². The summed E-state index contributed by atoms with van der Waals surface area (Å²) in [4.78, 5) is 47.4. The van der Waals surface area contributed by atoms with E-state index in [9.17, 15) is 24.6 Å². The summed E-state index contributed by atoms with van der Waals surface area (Å²) in [7, 11) is 0. The molecule has 0 bridgehead atoms. The number of aromatic nitrogens is 10. The Morgan fingerprint density at radius 3 is 1.91 bits per heavy atom. The molecule has 166 valence electrons. The molecule has 17 nitrogen and oxygen atoms in total. The summed E-state index contributed by atoms with van der Waals surface area (Å²) in [6.45, 7) is 0. The summed E-state index contributed by atoms with van der Waals surface area (Å²) in [5.74, 6) is -3.91. The maximum absolute atomic E-state index is 13.5. The largest absolute Gasteiger partial charge is 0.508 e. The highest BCUT2D eigenvalue weighted by molar-refractivity contribution is 6.04. The van der Waals surface area contributed by atoms with Gasteiger partial charge < -0.3 is 21.7 Å². The standard InChI is InChI=1S/C16H12N12O5/c17-11-13-19-8(15(32)23-27(13)25-21-11)7(10(31)5-2-1-4(29)3-6(5)30)9-16(33)24-28-14(20-9)12(18)22-26-28/h1-3,7,29-30H,17-18H2,(H,23,32)(H,24,33). The summed E-state index contributed by atoms with van der Waals surface area (Å²) >= 11 is 0. The molecular weight excluding hydrogens is 440 g/mol. The van der Waals surface area contributed by atoms with Crippen LogP contribution in [0.15, 0.2) is 27.8 Å². The van der Waals surface area contributed by atoms with E-state index in [2.05, 4.69) is 40.8 Å². The molecule has 0 spiro atoms. The summed E-state index contributed by atoms with van der Waals surface area (Å²) in [5, 5.41) is 38.8. The fourth-order valence-corrected chi connectivity index (χ4v) is 3.23. The second-order valence-electron chi connectivity index (χ2n) is 6.79. The van der Waals surface area contributed by atoms with E-state index in [-0.39, 0.29) is 34.2 Å². The SMILES string of the molecule is Nc1nnn2[nH]c(=O)c(C(C(=O)c3ccc(O)cc3O)c3nc4c(N)nnn4[nH]c3=O)nc12. The van der Waals surface area contributed by atoms with Crippen molar-refractivity contribution < 1.29 is 15.0 Å².